The topological polar surface area (TPSA) is 25.8 Å². The van der Waals surface area contributed by atoms with Crippen LogP contribution in [-0.4, -0.2) is 20.3 Å². The molecule has 47 heavy (non-hydrogen) atoms. The molecule has 0 bridgehead atoms. The summed E-state index contributed by atoms with van der Waals surface area (Å²) in [7, 11) is 2.78. The maximum Gasteiger partial charge on any atom is 0.0764 e. The number of benzene rings is 2. The van der Waals surface area contributed by atoms with Crippen LogP contribution in [0.5, 0.6) is 0 Å². The van der Waals surface area contributed by atoms with Gasteiger partial charge in [0.25, 0.3) is 0 Å². The summed E-state index contributed by atoms with van der Waals surface area (Å²) in [4.78, 5) is 9.90. The standard InChI is InChI=1S/C37H41N2P2.C5H5.Fe/c1-35(2,3)41(36(4,5)6)26-30-31(37(40,32-21-13-15-23-38-32)33-22-14-16-24-39-33)25-29(27-17-9-7-10-18-27)34(30)28-19-11-8-12-20-28;1-2-4-5-3-1;/h7-25H,26,40H2,1-6H3;1-5H;/q-1;-5;. The van der Waals surface area contributed by atoms with Gasteiger partial charge in [0.1, 0.15) is 0 Å². The van der Waals surface area contributed by atoms with Crippen LogP contribution in [0.25, 0.3) is 22.3 Å². The van der Waals surface area contributed by atoms with E-state index in [0.717, 1.165) is 17.5 Å². The van der Waals surface area contributed by atoms with Crippen molar-refractivity contribution in [3.63, 3.8) is 0 Å². The van der Waals surface area contributed by atoms with E-state index in [4.69, 9.17) is 9.97 Å². The molecule has 0 saturated carbocycles. The van der Waals surface area contributed by atoms with Crippen LogP contribution in [0.4, 0.5) is 0 Å². The second-order valence-corrected chi connectivity index (χ2v) is 18.4. The molecule has 0 fully saturated rings. The van der Waals surface area contributed by atoms with Gasteiger partial charge in [-0.15, -0.1) is 39.4 Å². The minimum atomic E-state index is -0.620. The van der Waals surface area contributed by atoms with Gasteiger partial charge in [0.15, 0.2) is 0 Å². The molecule has 0 spiro atoms. The molecule has 0 aliphatic heterocycles. The Balaban J connectivity index is 0.000000762. The molecule has 0 radical (unpaired) electrons. The van der Waals surface area contributed by atoms with Crippen LogP contribution in [0, 0.1) is 0 Å². The SMILES string of the molecule is CC(C)(C)P(C[c-]1c(C(P)(c2ccccn2)c2ccccn2)cc(-c2ccccc2)c1-c1ccccc1)C(C)(C)C.[Fe].[cH-]1[cH-][cH-][cH-][cH-]1. The molecule has 2 nitrogen and oxygen atoms in total. The fraction of sp³-hybridized carbons (Fsp3) is 0.238. The van der Waals surface area contributed by atoms with Crippen molar-refractivity contribution >= 4 is 17.2 Å². The van der Waals surface area contributed by atoms with Crippen molar-refractivity contribution in [3.8, 4) is 22.3 Å². The first kappa shape index (κ1) is 36.7. The predicted octanol–water partition coefficient (Wildman–Crippen LogP) is 11.7. The molecule has 0 aliphatic rings. The number of nitrogens with zero attached hydrogens (tertiary/aromatic N) is 2. The molecule has 248 valence electrons. The fourth-order valence-electron chi connectivity index (χ4n) is 6.46. The Hall–Kier alpha value is -3.18. The molecular weight excluding hydrogens is 650 g/mol. The number of hydrogen-bond donors (Lipinski definition) is 0. The van der Waals surface area contributed by atoms with Crippen LogP contribution in [0.15, 0.2) is 146 Å². The average molecular weight is 697 g/mol. The molecule has 6 aromatic rings. The van der Waals surface area contributed by atoms with Crippen LogP contribution < -0.4 is 0 Å². The summed E-state index contributed by atoms with van der Waals surface area (Å²) in [5, 5.41) is -0.282. The van der Waals surface area contributed by atoms with Crippen LogP contribution in [0.2, 0.25) is 0 Å². The van der Waals surface area contributed by atoms with E-state index in [1.807, 2.05) is 54.9 Å². The molecule has 0 aliphatic carbocycles. The van der Waals surface area contributed by atoms with E-state index >= 15 is 0 Å². The third-order valence-electron chi connectivity index (χ3n) is 8.39. The first-order valence-corrected chi connectivity index (χ1v) is 18.1. The summed E-state index contributed by atoms with van der Waals surface area (Å²) >= 11 is 0. The van der Waals surface area contributed by atoms with Crippen molar-refractivity contribution in [1.82, 2.24) is 9.97 Å². The summed E-state index contributed by atoms with van der Waals surface area (Å²) in [6, 6.07) is 46.6. The predicted molar refractivity (Wildman–Crippen MR) is 203 cm³/mol. The zero-order valence-corrected chi connectivity index (χ0v) is 31.5. The maximum absolute atomic E-state index is 4.95. The number of pyridine rings is 2. The second kappa shape index (κ2) is 15.8. The van der Waals surface area contributed by atoms with E-state index in [-0.39, 0.29) is 27.4 Å². The van der Waals surface area contributed by atoms with E-state index in [9.17, 15) is 0 Å². The average Bonchev–Trinajstić information content (AvgIpc) is 3.77. The quantitative estimate of drug-likeness (QED) is 0.0943. The minimum absolute atomic E-state index is 0. The van der Waals surface area contributed by atoms with Crippen molar-refractivity contribution in [1.29, 1.82) is 0 Å². The van der Waals surface area contributed by atoms with Gasteiger partial charge in [0.05, 0.1) is 16.5 Å². The normalized spacial score (nSPS) is 11.8. The first-order chi connectivity index (χ1) is 22.0. The molecule has 5 heteroatoms. The molecule has 4 aromatic carbocycles. The van der Waals surface area contributed by atoms with Gasteiger partial charge in [-0.05, 0) is 40.7 Å². The van der Waals surface area contributed by atoms with Gasteiger partial charge >= 0.3 is 0 Å². The van der Waals surface area contributed by atoms with Crippen molar-refractivity contribution in [2.75, 3.05) is 0 Å². The second-order valence-electron chi connectivity index (χ2n) is 13.7. The van der Waals surface area contributed by atoms with Gasteiger partial charge in [0, 0.05) is 29.5 Å². The first-order valence-electron chi connectivity index (χ1n) is 16.0. The van der Waals surface area contributed by atoms with E-state index in [0.29, 0.717) is 0 Å². The zero-order chi connectivity index (χ0) is 32.8. The Morgan fingerprint density at radius 2 is 1.04 bits per heavy atom. The smallest absolute Gasteiger partial charge is 0.0764 e. The molecular formula is C42H46FeN2P2-6. The molecule has 6 rings (SSSR count). The van der Waals surface area contributed by atoms with Crippen LogP contribution in [0.3, 0.4) is 0 Å². The summed E-state index contributed by atoms with van der Waals surface area (Å²) in [6.45, 7) is 14.5. The third kappa shape index (κ3) is 8.46. The fourth-order valence-corrected chi connectivity index (χ4v) is 10.7. The monoisotopic (exact) mass is 696 g/mol. The van der Waals surface area contributed by atoms with E-state index in [1.54, 1.807) is 0 Å². The molecule has 2 aromatic heterocycles. The Kier molecular flexibility index (Phi) is 12.3. The number of aromatic nitrogens is 2. The third-order valence-corrected chi connectivity index (χ3v) is 13.2. The van der Waals surface area contributed by atoms with Crippen molar-refractivity contribution in [2.45, 2.75) is 63.2 Å². The number of rotatable bonds is 7. The summed E-state index contributed by atoms with van der Waals surface area (Å²) in [5.74, 6) is 0. The van der Waals surface area contributed by atoms with Crippen molar-refractivity contribution in [3.05, 3.63) is 168 Å². The zero-order valence-electron chi connectivity index (χ0n) is 28.3. The van der Waals surface area contributed by atoms with E-state index in [2.05, 4.69) is 142 Å². The van der Waals surface area contributed by atoms with Crippen molar-refractivity contribution < 1.29 is 17.1 Å². The Labute approximate surface area is 296 Å². The molecule has 0 amide bonds. The van der Waals surface area contributed by atoms with E-state index in [1.165, 1.54) is 33.4 Å². The summed E-state index contributed by atoms with van der Waals surface area (Å²) in [6.07, 6.45) is 4.80. The Morgan fingerprint density at radius 3 is 1.45 bits per heavy atom. The van der Waals surface area contributed by atoms with Gasteiger partial charge in [-0.3, -0.25) is 9.97 Å². The molecule has 0 N–H and O–H groups in total. The molecule has 1 unspecified atom stereocenters. The Bertz CT molecular complexity index is 1700. The van der Waals surface area contributed by atoms with Gasteiger partial charge in [-0.25, -0.2) is 0 Å². The van der Waals surface area contributed by atoms with Gasteiger partial charge in [0.2, 0.25) is 0 Å². The molecule has 0 saturated heterocycles. The van der Waals surface area contributed by atoms with Gasteiger partial charge in [-0.2, -0.15) is 6.07 Å². The van der Waals surface area contributed by atoms with E-state index < -0.39 is 13.1 Å². The number of hydrogen-bond acceptors (Lipinski definition) is 2. The molecule has 1 atom stereocenters. The summed E-state index contributed by atoms with van der Waals surface area (Å²) < 4.78 is 0. The minimum Gasteiger partial charge on any atom is -0.748 e. The molecule has 2 heterocycles. The largest absolute Gasteiger partial charge is 0.748 e. The van der Waals surface area contributed by atoms with Crippen molar-refractivity contribution in [2.24, 2.45) is 0 Å². The Morgan fingerprint density at radius 1 is 0.617 bits per heavy atom. The van der Waals surface area contributed by atoms with Gasteiger partial charge < -0.3 is 30.3 Å². The van der Waals surface area contributed by atoms with Crippen LogP contribution in [0.1, 0.15) is 64.1 Å². The summed E-state index contributed by atoms with van der Waals surface area (Å²) in [5.41, 5.74) is 9.68. The van der Waals surface area contributed by atoms with Crippen LogP contribution >= 0.6 is 17.2 Å². The van der Waals surface area contributed by atoms with Crippen LogP contribution in [-0.2, 0) is 28.4 Å². The van der Waals surface area contributed by atoms with Gasteiger partial charge in [-0.1, -0.05) is 125 Å². The maximum atomic E-state index is 4.95.